The van der Waals surface area contributed by atoms with Gasteiger partial charge in [0.15, 0.2) is 0 Å². The number of aromatic nitrogens is 3. The number of pyridine rings is 1. The molecule has 3 heterocycles. The minimum absolute atomic E-state index is 0.0154. The van der Waals surface area contributed by atoms with Gasteiger partial charge in [0.05, 0.1) is 18.5 Å². The van der Waals surface area contributed by atoms with Crippen LogP contribution in [0.3, 0.4) is 0 Å². The van der Waals surface area contributed by atoms with E-state index in [1.807, 2.05) is 67.3 Å². The lowest BCUT2D eigenvalue weighted by Crippen LogP contribution is -2.47. The number of nitrogens with zero attached hydrogens (tertiary/aromatic N) is 5. The SMILES string of the molecule is COc1ccc(C(=O)N2CCCC(C)(c3cc(N(C)C)nc(C)n3)C2)cc1NCc1cccnc1. The van der Waals surface area contributed by atoms with Crippen LogP contribution in [0.2, 0.25) is 0 Å². The number of nitrogens with one attached hydrogen (secondary N) is 1. The number of benzene rings is 1. The highest BCUT2D eigenvalue weighted by molar-refractivity contribution is 5.95. The molecule has 1 aliphatic heterocycles. The highest BCUT2D eigenvalue weighted by Crippen LogP contribution is 2.35. The van der Waals surface area contributed by atoms with Gasteiger partial charge < -0.3 is 19.9 Å². The van der Waals surface area contributed by atoms with Crippen LogP contribution in [-0.4, -0.2) is 60.1 Å². The van der Waals surface area contributed by atoms with Gasteiger partial charge in [-0.25, -0.2) is 9.97 Å². The van der Waals surface area contributed by atoms with Crippen LogP contribution in [0.15, 0.2) is 48.8 Å². The van der Waals surface area contributed by atoms with Crippen molar-refractivity contribution in [2.45, 2.75) is 38.6 Å². The number of hydrogen-bond acceptors (Lipinski definition) is 7. The van der Waals surface area contributed by atoms with Gasteiger partial charge in [-0.3, -0.25) is 9.78 Å². The lowest BCUT2D eigenvalue weighted by Gasteiger charge is -2.40. The molecule has 0 radical (unpaired) electrons. The molecule has 1 N–H and O–H groups in total. The molecule has 35 heavy (non-hydrogen) atoms. The first-order valence-corrected chi connectivity index (χ1v) is 11.9. The molecule has 8 nitrogen and oxygen atoms in total. The van der Waals surface area contributed by atoms with Crippen molar-refractivity contribution in [2.75, 3.05) is 44.5 Å². The standard InChI is InChI=1S/C27H34N6O2/c1-19-30-24(15-25(31-19)32(3)4)27(2)11-7-13-33(18-27)26(34)21-9-10-23(35-5)22(14-21)29-17-20-8-6-12-28-16-20/h6,8-10,12,14-16,29H,7,11,13,17-18H2,1-5H3. The van der Waals surface area contributed by atoms with Crippen molar-refractivity contribution in [3.63, 3.8) is 0 Å². The van der Waals surface area contributed by atoms with Gasteiger partial charge in [-0.15, -0.1) is 0 Å². The van der Waals surface area contributed by atoms with Gasteiger partial charge in [0.2, 0.25) is 0 Å². The maximum absolute atomic E-state index is 13.6. The molecule has 0 spiro atoms. The zero-order valence-electron chi connectivity index (χ0n) is 21.2. The number of aryl methyl sites for hydroxylation is 1. The third-order valence-corrected chi connectivity index (χ3v) is 6.54. The number of rotatable bonds is 7. The first-order chi connectivity index (χ1) is 16.8. The molecular formula is C27H34N6O2. The number of piperidine rings is 1. The van der Waals surface area contributed by atoms with Crippen LogP contribution in [0.25, 0.3) is 0 Å². The Kier molecular flexibility index (Phi) is 7.19. The fraction of sp³-hybridized carbons (Fsp3) is 0.407. The van der Waals surface area contributed by atoms with Crippen molar-refractivity contribution in [3.8, 4) is 5.75 Å². The van der Waals surface area contributed by atoms with Gasteiger partial charge in [-0.1, -0.05) is 13.0 Å². The average Bonchev–Trinajstić information content (AvgIpc) is 2.87. The third kappa shape index (κ3) is 5.53. The van der Waals surface area contributed by atoms with Crippen LogP contribution < -0.4 is 15.0 Å². The van der Waals surface area contributed by atoms with Crippen LogP contribution in [0.1, 0.15) is 47.2 Å². The van der Waals surface area contributed by atoms with E-state index < -0.39 is 0 Å². The fourth-order valence-corrected chi connectivity index (χ4v) is 4.57. The molecule has 4 rings (SSSR count). The highest BCUT2D eigenvalue weighted by Gasteiger charge is 2.36. The Morgan fingerprint density at radius 3 is 2.77 bits per heavy atom. The lowest BCUT2D eigenvalue weighted by atomic mass is 9.78. The van der Waals surface area contributed by atoms with Gasteiger partial charge in [-0.2, -0.15) is 0 Å². The molecule has 0 saturated carbocycles. The molecule has 184 valence electrons. The molecule has 0 bridgehead atoms. The first kappa shape index (κ1) is 24.4. The summed E-state index contributed by atoms with van der Waals surface area (Å²) in [4.78, 5) is 31.0. The Morgan fingerprint density at radius 1 is 1.23 bits per heavy atom. The van der Waals surface area contributed by atoms with Crippen LogP contribution in [0, 0.1) is 6.92 Å². The number of carbonyl (C=O) groups is 1. The Hall–Kier alpha value is -3.68. The molecule has 1 atom stereocenters. The molecule has 8 heteroatoms. The topological polar surface area (TPSA) is 83.5 Å². The van der Waals surface area contributed by atoms with Gasteiger partial charge in [-0.05, 0) is 49.6 Å². The number of methoxy groups -OCH3 is 1. The zero-order chi connectivity index (χ0) is 25.0. The normalized spacial score (nSPS) is 17.7. The quantitative estimate of drug-likeness (QED) is 0.553. The molecule has 3 aromatic rings. The summed E-state index contributed by atoms with van der Waals surface area (Å²) >= 11 is 0. The van der Waals surface area contributed by atoms with E-state index >= 15 is 0 Å². The molecular weight excluding hydrogens is 440 g/mol. The molecule has 1 aliphatic rings. The van der Waals surface area contributed by atoms with E-state index in [2.05, 4.69) is 28.3 Å². The number of likely N-dealkylation sites (tertiary alicyclic amines) is 1. The second-order valence-corrected chi connectivity index (χ2v) is 9.57. The largest absolute Gasteiger partial charge is 0.495 e. The van der Waals surface area contributed by atoms with E-state index in [0.717, 1.165) is 48.0 Å². The fourth-order valence-electron chi connectivity index (χ4n) is 4.57. The minimum atomic E-state index is -0.236. The van der Waals surface area contributed by atoms with Crippen molar-refractivity contribution in [1.29, 1.82) is 0 Å². The van der Waals surface area contributed by atoms with Crippen molar-refractivity contribution in [1.82, 2.24) is 19.9 Å². The molecule has 1 amide bonds. The zero-order valence-corrected chi connectivity index (χ0v) is 21.2. The molecule has 0 aliphatic carbocycles. The number of carbonyl (C=O) groups excluding carboxylic acids is 1. The number of ether oxygens (including phenoxy) is 1. The number of anilines is 2. The summed E-state index contributed by atoms with van der Waals surface area (Å²) in [6.45, 7) is 6.04. The van der Waals surface area contributed by atoms with Crippen molar-refractivity contribution in [3.05, 3.63) is 71.4 Å². The van der Waals surface area contributed by atoms with E-state index in [1.54, 1.807) is 13.3 Å². The molecule has 1 saturated heterocycles. The predicted octanol–water partition coefficient (Wildman–Crippen LogP) is 4.06. The third-order valence-electron chi connectivity index (χ3n) is 6.54. The van der Waals surface area contributed by atoms with E-state index in [9.17, 15) is 4.79 Å². The summed E-state index contributed by atoms with van der Waals surface area (Å²) < 4.78 is 5.53. The van der Waals surface area contributed by atoms with Crippen molar-refractivity contribution < 1.29 is 9.53 Å². The lowest BCUT2D eigenvalue weighted by molar-refractivity contribution is 0.0647. The second kappa shape index (κ2) is 10.3. The number of amides is 1. The first-order valence-electron chi connectivity index (χ1n) is 11.9. The van der Waals surface area contributed by atoms with Gasteiger partial charge in [0.25, 0.3) is 5.91 Å². The predicted molar refractivity (Wildman–Crippen MR) is 138 cm³/mol. The summed E-state index contributed by atoms with van der Waals surface area (Å²) in [5, 5.41) is 3.39. The Morgan fingerprint density at radius 2 is 2.06 bits per heavy atom. The maximum atomic E-state index is 13.6. The average molecular weight is 475 g/mol. The maximum Gasteiger partial charge on any atom is 0.253 e. The minimum Gasteiger partial charge on any atom is -0.495 e. The van der Waals surface area contributed by atoms with Gasteiger partial charge >= 0.3 is 0 Å². The van der Waals surface area contributed by atoms with Gasteiger partial charge in [0.1, 0.15) is 17.4 Å². The van der Waals surface area contributed by atoms with E-state index in [1.165, 1.54) is 0 Å². The summed E-state index contributed by atoms with van der Waals surface area (Å²) in [7, 11) is 5.59. The van der Waals surface area contributed by atoms with E-state index in [0.29, 0.717) is 24.4 Å². The summed E-state index contributed by atoms with van der Waals surface area (Å²) in [5.41, 5.74) is 3.22. The summed E-state index contributed by atoms with van der Waals surface area (Å²) in [6, 6.07) is 11.5. The van der Waals surface area contributed by atoms with Crippen LogP contribution in [0.5, 0.6) is 5.75 Å². The molecule has 1 unspecified atom stereocenters. The van der Waals surface area contributed by atoms with E-state index in [4.69, 9.17) is 9.72 Å². The van der Waals surface area contributed by atoms with Gasteiger partial charge in [0, 0.05) is 63.2 Å². The smallest absolute Gasteiger partial charge is 0.253 e. The van der Waals surface area contributed by atoms with Crippen LogP contribution in [-0.2, 0) is 12.0 Å². The molecule has 2 aromatic heterocycles. The van der Waals surface area contributed by atoms with Crippen LogP contribution >= 0.6 is 0 Å². The Balaban J connectivity index is 1.55. The summed E-state index contributed by atoms with van der Waals surface area (Å²) in [6.07, 6.45) is 5.46. The number of hydrogen-bond donors (Lipinski definition) is 1. The second-order valence-electron chi connectivity index (χ2n) is 9.57. The van der Waals surface area contributed by atoms with E-state index in [-0.39, 0.29) is 11.3 Å². The Labute approximate surface area is 207 Å². The monoisotopic (exact) mass is 474 g/mol. The molecule has 1 aromatic carbocycles. The summed E-state index contributed by atoms with van der Waals surface area (Å²) in [5.74, 6) is 2.34. The Bertz CT molecular complexity index is 1180. The molecule has 1 fully saturated rings. The van der Waals surface area contributed by atoms with Crippen molar-refractivity contribution in [2.24, 2.45) is 0 Å². The highest BCUT2D eigenvalue weighted by atomic mass is 16.5. The van der Waals surface area contributed by atoms with Crippen molar-refractivity contribution >= 4 is 17.4 Å². The van der Waals surface area contributed by atoms with Crippen LogP contribution in [0.4, 0.5) is 11.5 Å².